The Morgan fingerprint density at radius 3 is 2.62 bits per heavy atom. The quantitative estimate of drug-likeness (QED) is 0.697. The second-order valence-electron chi connectivity index (χ2n) is 5.82. The van der Waals surface area contributed by atoms with Crippen LogP contribution in [0.2, 0.25) is 0 Å². The summed E-state index contributed by atoms with van der Waals surface area (Å²) < 4.78 is 7.29. The van der Waals surface area contributed by atoms with E-state index in [1.54, 1.807) is 13.3 Å². The zero-order valence-corrected chi connectivity index (χ0v) is 14.3. The van der Waals surface area contributed by atoms with Crippen molar-refractivity contribution >= 4 is 0 Å². The van der Waals surface area contributed by atoms with Crippen LogP contribution in [0.1, 0.15) is 24.1 Å². The summed E-state index contributed by atoms with van der Waals surface area (Å²) in [5, 5.41) is 4.36. The summed E-state index contributed by atoms with van der Waals surface area (Å²) in [5.74, 6) is 0.853. The molecular formula is C19H22N4O. The molecular weight excluding hydrogens is 300 g/mol. The molecule has 0 spiro atoms. The molecule has 0 bridgehead atoms. The van der Waals surface area contributed by atoms with Crippen LogP contribution in [0.25, 0.3) is 5.69 Å². The van der Waals surface area contributed by atoms with Crippen molar-refractivity contribution in [2.24, 2.45) is 0 Å². The van der Waals surface area contributed by atoms with E-state index >= 15 is 0 Å². The van der Waals surface area contributed by atoms with Crippen molar-refractivity contribution in [3.8, 4) is 11.4 Å². The molecule has 1 unspecified atom stereocenters. The van der Waals surface area contributed by atoms with Crippen LogP contribution in [0.5, 0.6) is 5.75 Å². The van der Waals surface area contributed by atoms with Crippen molar-refractivity contribution in [3.63, 3.8) is 0 Å². The average Bonchev–Trinajstić information content (AvgIpc) is 3.16. The van der Waals surface area contributed by atoms with Gasteiger partial charge >= 0.3 is 0 Å². The van der Waals surface area contributed by atoms with Gasteiger partial charge in [-0.25, -0.2) is 4.68 Å². The van der Waals surface area contributed by atoms with Crippen LogP contribution in [-0.2, 0) is 6.54 Å². The number of aromatic nitrogens is 3. The van der Waals surface area contributed by atoms with Gasteiger partial charge in [0.05, 0.1) is 12.8 Å². The van der Waals surface area contributed by atoms with E-state index in [1.165, 1.54) is 11.1 Å². The highest BCUT2D eigenvalue weighted by atomic mass is 16.5. The van der Waals surface area contributed by atoms with E-state index in [0.717, 1.165) is 18.0 Å². The van der Waals surface area contributed by atoms with E-state index in [2.05, 4.69) is 47.2 Å². The first-order chi connectivity index (χ1) is 11.7. The third kappa shape index (κ3) is 3.46. The lowest BCUT2D eigenvalue weighted by molar-refractivity contribution is 0.252. The molecule has 0 saturated carbocycles. The third-order valence-corrected chi connectivity index (χ3v) is 4.31. The molecule has 5 nitrogen and oxygen atoms in total. The molecule has 5 heteroatoms. The molecule has 124 valence electrons. The standard InChI is InChI=1S/C19H22N4O/c1-15(16-7-10-20-11-8-16)22(2)14-17-13-18(24-3)5-6-19(17)23-12-4-9-21-23/h4-13,15H,14H2,1-3H3. The summed E-state index contributed by atoms with van der Waals surface area (Å²) in [4.78, 5) is 6.40. The van der Waals surface area contributed by atoms with Gasteiger partial charge in [0.1, 0.15) is 5.75 Å². The Bertz CT molecular complexity index is 771. The molecule has 0 radical (unpaired) electrons. The molecule has 1 atom stereocenters. The van der Waals surface area contributed by atoms with Gasteiger partial charge in [0.2, 0.25) is 0 Å². The average molecular weight is 322 g/mol. The van der Waals surface area contributed by atoms with Crippen molar-refractivity contribution in [2.45, 2.75) is 19.5 Å². The van der Waals surface area contributed by atoms with Crippen LogP contribution in [0.3, 0.4) is 0 Å². The highest BCUT2D eigenvalue weighted by Crippen LogP contribution is 2.25. The van der Waals surface area contributed by atoms with Gasteiger partial charge in [-0.1, -0.05) is 0 Å². The predicted octanol–water partition coefficient (Wildman–Crippen LogP) is 3.47. The van der Waals surface area contributed by atoms with Crippen LogP contribution in [0.4, 0.5) is 0 Å². The molecule has 2 heterocycles. The molecule has 2 aromatic heterocycles. The zero-order chi connectivity index (χ0) is 16.9. The second-order valence-corrected chi connectivity index (χ2v) is 5.82. The maximum absolute atomic E-state index is 5.40. The number of ether oxygens (including phenoxy) is 1. The minimum absolute atomic E-state index is 0.282. The Labute approximate surface area is 142 Å². The molecule has 0 N–H and O–H groups in total. The number of hydrogen-bond donors (Lipinski definition) is 0. The second kappa shape index (κ2) is 7.27. The summed E-state index contributed by atoms with van der Waals surface area (Å²) in [6, 6.07) is 12.4. The van der Waals surface area contributed by atoms with Gasteiger partial charge in [-0.3, -0.25) is 9.88 Å². The van der Waals surface area contributed by atoms with Crippen molar-refractivity contribution in [2.75, 3.05) is 14.2 Å². The fourth-order valence-electron chi connectivity index (χ4n) is 2.75. The predicted molar refractivity (Wildman–Crippen MR) is 94.2 cm³/mol. The fraction of sp³-hybridized carbons (Fsp3) is 0.263. The molecule has 0 fully saturated rings. The lowest BCUT2D eigenvalue weighted by atomic mass is 10.1. The monoisotopic (exact) mass is 322 g/mol. The SMILES string of the molecule is COc1ccc(-n2cccn2)c(CN(C)C(C)c2ccncc2)c1. The Hall–Kier alpha value is -2.66. The Morgan fingerprint density at radius 2 is 1.96 bits per heavy atom. The van der Waals surface area contributed by atoms with Gasteiger partial charge in [-0.15, -0.1) is 0 Å². The minimum atomic E-state index is 0.282. The number of rotatable bonds is 6. The van der Waals surface area contributed by atoms with E-state index in [9.17, 15) is 0 Å². The van der Waals surface area contributed by atoms with Crippen molar-refractivity contribution in [1.29, 1.82) is 0 Å². The topological polar surface area (TPSA) is 43.2 Å². The molecule has 0 aliphatic rings. The number of hydrogen-bond acceptors (Lipinski definition) is 4. The van der Waals surface area contributed by atoms with Crippen molar-refractivity contribution in [1.82, 2.24) is 19.7 Å². The van der Waals surface area contributed by atoms with Crippen LogP contribution < -0.4 is 4.74 Å². The maximum Gasteiger partial charge on any atom is 0.119 e. The van der Waals surface area contributed by atoms with Gasteiger partial charge < -0.3 is 4.74 Å². The van der Waals surface area contributed by atoms with Gasteiger partial charge in [0.25, 0.3) is 0 Å². The summed E-state index contributed by atoms with van der Waals surface area (Å²) in [7, 11) is 3.81. The molecule has 3 rings (SSSR count). The van der Waals surface area contributed by atoms with E-state index in [0.29, 0.717) is 0 Å². The number of benzene rings is 1. The first-order valence-corrected chi connectivity index (χ1v) is 7.96. The lowest BCUT2D eigenvalue weighted by Crippen LogP contribution is -2.22. The third-order valence-electron chi connectivity index (χ3n) is 4.31. The summed E-state index contributed by atoms with van der Waals surface area (Å²) in [6.45, 7) is 2.99. The van der Waals surface area contributed by atoms with Gasteiger partial charge in [-0.05, 0) is 61.5 Å². The van der Waals surface area contributed by atoms with Gasteiger partial charge in [0.15, 0.2) is 0 Å². The van der Waals surface area contributed by atoms with Gasteiger partial charge in [0, 0.05) is 37.4 Å². The first kappa shape index (κ1) is 16.2. The van der Waals surface area contributed by atoms with E-state index in [-0.39, 0.29) is 6.04 Å². The van der Waals surface area contributed by atoms with Crippen LogP contribution in [0, 0.1) is 0 Å². The van der Waals surface area contributed by atoms with Crippen LogP contribution >= 0.6 is 0 Å². The number of pyridine rings is 1. The Morgan fingerprint density at radius 1 is 1.17 bits per heavy atom. The zero-order valence-electron chi connectivity index (χ0n) is 14.3. The van der Waals surface area contributed by atoms with Crippen LogP contribution in [0.15, 0.2) is 61.2 Å². The van der Waals surface area contributed by atoms with E-state index < -0.39 is 0 Å². The normalized spacial score (nSPS) is 12.3. The fourth-order valence-corrected chi connectivity index (χ4v) is 2.75. The molecule has 0 aliphatic heterocycles. The summed E-state index contributed by atoms with van der Waals surface area (Å²) in [6.07, 6.45) is 7.41. The molecule has 0 saturated heterocycles. The lowest BCUT2D eigenvalue weighted by Gasteiger charge is -2.26. The number of methoxy groups -OCH3 is 1. The number of nitrogens with zero attached hydrogens (tertiary/aromatic N) is 4. The Balaban J connectivity index is 1.88. The largest absolute Gasteiger partial charge is 0.497 e. The molecule has 24 heavy (non-hydrogen) atoms. The molecule has 1 aromatic carbocycles. The first-order valence-electron chi connectivity index (χ1n) is 7.96. The van der Waals surface area contributed by atoms with E-state index in [4.69, 9.17) is 4.74 Å². The molecule has 0 amide bonds. The molecule has 3 aromatic rings. The summed E-state index contributed by atoms with van der Waals surface area (Å²) >= 11 is 0. The highest BCUT2D eigenvalue weighted by Gasteiger charge is 2.15. The van der Waals surface area contributed by atoms with Crippen LogP contribution in [-0.4, -0.2) is 33.8 Å². The smallest absolute Gasteiger partial charge is 0.119 e. The maximum atomic E-state index is 5.40. The highest BCUT2D eigenvalue weighted by molar-refractivity contribution is 5.45. The van der Waals surface area contributed by atoms with Crippen molar-refractivity contribution in [3.05, 3.63) is 72.3 Å². The summed E-state index contributed by atoms with van der Waals surface area (Å²) in [5.41, 5.74) is 3.48. The van der Waals surface area contributed by atoms with Gasteiger partial charge in [-0.2, -0.15) is 5.10 Å². The Kier molecular flexibility index (Phi) is 4.91. The molecule has 0 aliphatic carbocycles. The van der Waals surface area contributed by atoms with Crippen molar-refractivity contribution < 1.29 is 4.74 Å². The minimum Gasteiger partial charge on any atom is -0.497 e. The van der Waals surface area contributed by atoms with E-state index in [1.807, 2.05) is 41.5 Å².